The minimum atomic E-state index is -0.101. The molecule has 1 aromatic heterocycles. The molecule has 1 aliphatic rings. The van der Waals surface area contributed by atoms with Crippen LogP contribution in [0.15, 0.2) is 22.7 Å². The molecule has 94 valence electrons. The first-order valence-corrected chi connectivity index (χ1v) is 6.38. The molecule has 18 heavy (non-hydrogen) atoms. The van der Waals surface area contributed by atoms with E-state index in [2.05, 4.69) is 10.1 Å². The van der Waals surface area contributed by atoms with Gasteiger partial charge in [0.2, 0.25) is 0 Å². The van der Waals surface area contributed by atoms with Gasteiger partial charge in [-0.2, -0.15) is 4.98 Å². The van der Waals surface area contributed by atoms with E-state index in [1.807, 2.05) is 25.1 Å². The van der Waals surface area contributed by atoms with E-state index in [-0.39, 0.29) is 6.04 Å². The number of hydrogen-bond acceptors (Lipinski definition) is 4. The molecule has 1 aromatic carbocycles. The molecule has 4 nitrogen and oxygen atoms in total. The minimum Gasteiger partial charge on any atom is -0.334 e. The fourth-order valence-electron chi connectivity index (χ4n) is 1.93. The molecule has 1 fully saturated rings. The van der Waals surface area contributed by atoms with Crippen LogP contribution in [0.5, 0.6) is 0 Å². The Bertz CT molecular complexity index is 577. The third-order valence-corrected chi connectivity index (χ3v) is 3.70. The molecule has 5 heteroatoms. The number of benzene rings is 1. The van der Waals surface area contributed by atoms with Gasteiger partial charge in [-0.05, 0) is 49.4 Å². The summed E-state index contributed by atoms with van der Waals surface area (Å²) in [4.78, 5) is 4.37. The van der Waals surface area contributed by atoms with Crippen molar-refractivity contribution in [2.45, 2.75) is 25.8 Å². The fourth-order valence-corrected chi connectivity index (χ4v) is 2.05. The third-order valence-electron chi connectivity index (χ3n) is 3.27. The summed E-state index contributed by atoms with van der Waals surface area (Å²) in [6.45, 7) is 1.94. The lowest BCUT2D eigenvalue weighted by Crippen LogP contribution is -2.13. The summed E-state index contributed by atoms with van der Waals surface area (Å²) in [5.74, 6) is 1.61. The number of nitrogens with zero attached hydrogens (tertiary/aromatic N) is 2. The fraction of sp³-hybridized carbons (Fsp3) is 0.385. The van der Waals surface area contributed by atoms with Crippen LogP contribution < -0.4 is 5.73 Å². The van der Waals surface area contributed by atoms with Gasteiger partial charge in [0.15, 0.2) is 5.82 Å². The molecule has 0 radical (unpaired) electrons. The first-order valence-electron chi connectivity index (χ1n) is 6.01. The van der Waals surface area contributed by atoms with Gasteiger partial charge in [-0.15, -0.1) is 0 Å². The molecular weight excluding hydrogens is 250 g/mol. The van der Waals surface area contributed by atoms with Crippen LogP contribution in [-0.4, -0.2) is 10.1 Å². The van der Waals surface area contributed by atoms with Crippen molar-refractivity contribution in [2.75, 3.05) is 0 Å². The predicted octanol–water partition coefficient (Wildman–Crippen LogP) is 3.11. The number of aryl methyl sites for hydroxylation is 1. The van der Waals surface area contributed by atoms with Crippen LogP contribution in [0.4, 0.5) is 0 Å². The van der Waals surface area contributed by atoms with E-state index in [1.54, 1.807) is 0 Å². The van der Waals surface area contributed by atoms with Crippen LogP contribution in [0.2, 0.25) is 5.02 Å². The second kappa shape index (κ2) is 4.37. The molecule has 0 bridgehead atoms. The molecule has 3 rings (SSSR count). The van der Waals surface area contributed by atoms with Gasteiger partial charge in [-0.3, -0.25) is 0 Å². The maximum absolute atomic E-state index is 6.04. The van der Waals surface area contributed by atoms with Crippen LogP contribution in [0, 0.1) is 12.8 Å². The molecule has 1 atom stereocenters. The molecule has 2 aromatic rings. The van der Waals surface area contributed by atoms with Crippen LogP contribution in [0.1, 0.15) is 30.3 Å². The van der Waals surface area contributed by atoms with Crippen molar-refractivity contribution < 1.29 is 4.52 Å². The molecule has 2 N–H and O–H groups in total. The predicted molar refractivity (Wildman–Crippen MR) is 69.1 cm³/mol. The van der Waals surface area contributed by atoms with Crippen LogP contribution in [0.25, 0.3) is 11.5 Å². The Balaban J connectivity index is 1.89. The van der Waals surface area contributed by atoms with Crippen LogP contribution >= 0.6 is 11.6 Å². The minimum absolute atomic E-state index is 0.101. The first-order chi connectivity index (χ1) is 8.65. The van der Waals surface area contributed by atoms with E-state index in [0.29, 0.717) is 17.6 Å². The second-order valence-corrected chi connectivity index (χ2v) is 5.19. The summed E-state index contributed by atoms with van der Waals surface area (Å²) in [7, 11) is 0. The molecule has 1 heterocycles. The highest BCUT2D eigenvalue weighted by molar-refractivity contribution is 6.31. The number of aromatic nitrogens is 2. The summed E-state index contributed by atoms with van der Waals surface area (Å²) in [6.07, 6.45) is 2.32. The van der Waals surface area contributed by atoms with Crippen molar-refractivity contribution >= 4 is 11.6 Å². The van der Waals surface area contributed by atoms with Gasteiger partial charge in [0.1, 0.15) is 0 Å². The molecule has 1 saturated carbocycles. The van der Waals surface area contributed by atoms with E-state index in [4.69, 9.17) is 21.9 Å². The summed E-state index contributed by atoms with van der Waals surface area (Å²) in [5, 5.41) is 4.69. The van der Waals surface area contributed by atoms with Crippen molar-refractivity contribution in [1.29, 1.82) is 0 Å². The maximum atomic E-state index is 6.04. The number of hydrogen-bond donors (Lipinski definition) is 1. The Labute approximate surface area is 110 Å². The Hall–Kier alpha value is -1.39. The number of nitrogens with two attached hydrogens (primary N) is 1. The highest BCUT2D eigenvalue weighted by atomic mass is 35.5. The Morgan fingerprint density at radius 1 is 1.44 bits per heavy atom. The van der Waals surface area contributed by atoms with E-state index in [1.165, 1.54) is 0 Å². The average molecular weight is 264 g/mol. The zero-order valence-electron chi connectivity index (χ0n) is 10.1. The summed E-state index contributed by atoms with van der Waals surface area (Å²) in [6, 6.07) is 5.53. The normalized spacial score (nSPS) is 16.8. The second-order valence-electron chi connectivity index (χ2n) is 4.78. The Kier molecular flexibility index (Phi) is 2.84. The monoisotopic (exact) mass is 263 g/mol. The Morgan fingerprint density at radius 2 is 2.22 bits per heavy atom. The molecule has 1 aliphatic carbocycles. The highest BCUT2D eigenvalue weighted by Crippen LogP contribution is 2.38. The highest BCUT2D eigenvalue weighted by Gasteiger charge is 2.32. The third kappa shape index (κ3) is 2.13. The molecule has 0 aliphatic heterocycles. The van der Waals surface area contributed by atoms with Crippen LogP contribution in [0.3, 0.4) is 0 Å². The molecule has 0 amide bonds. The van der Waals surface area contributed by atoms with E-state index in [0.717, 1.165) is 29.0 Å². The molecule has 0 spiro atoms. The van der Waals surface area contributed by atoms with Gasteiger partial charge in [-0.1, -0.05) is 16.8 Å². The van der Waals surface area contributed by atoms with Crippen LogP contribution in [-0.2, 0) is 0 Å². The van der Waals surface area contributed by atoms with Gasteiger partial charge < -0.3 is 10.3 Å². The van der Waals surface area contributed by atoms with E-state index in [9.17, 15) is 0 Å². The Morgan fingerprint density at radius 3 is 2.89 bits per heavy atom. The first kappa shape index (κ1) is 11.7. The van der Waals surface area contributed by atoms with Gasteiger partial charge in [0.05, 0.1) is 6.04 Å². The zero-order chi connectivity index (χ0) is 12.7. The summed E-state index contributed by atoms with van der Waals surface area (Å²) >= 11 is 5.99. The summed E-state index contributed by atoms with van der Waals surface area (Å²) in [5.41, 5.74) is 7.90. The number of rotatable bonds is 3. The van der Waals surface area contributed by atoms with Gasteiger partial charge in [0.25, 0.3) is 5.89 Å². The lowest BCUT2D eigenvalue weighted by molar-refractivity contribution is 0.411. The van der Waals surface area contributed by atoms with Gasteiger partial charge in [-0.25, -0.2) is 0 Å². The van der Waals surface area contributed by atoms with Crippen molar-refractivity contribution in [3.05, 3.63) is 34.6 Å². The zero-order valence-corrected chi connectivity index (χ0v) is 10.8. The van der Waals surface area contributed by atoms with Crippen molar-refractivity contribution in [2.24, 2.45) is 11.7 Å². The van der Waals surface area contributed by atoms with Crippen molar-refractivity contribution in [3.8, 4) is 11.5 Å². The molecule has 0 saturated heterocycles. The van der Waals surface area contributed by atoms with E-state index >= 15 is 0 Å². The molecular formula is C13H14ClN3O. The standard InChI is InChI=1S/C13H14ClN3O/c1-7-6-9(4-5-10(7)14)13-16-12(17-18-13)11(15)8-2-3-8/h4-6,8,11H,2-3,15H2,1H3. The average Bonchev–Trinajstić information content (AvgIpc) is 3.09. The van der Waals surface area contributed by atoms with Gasteiger partial charge >= 0.3 is 0 Å². The van der Waals surface area contributed by atoms with Gasteiger partial charge in [0, 0.05) is 10.6 Å². The quantitative estimate of drug-likeness (QED) is 0.924. The lowest BCUT2D eigenvalue weighted by atomic mass is 10.1. The topological polar surface area (TPSA) is 64.9 Å². The van der Waals surface area contributed by atoms with Crippen molar-refractivity contribution in [3.63, 3.8) is 0 Å². The lowest BCUT2D eigenvalue weighted by Gasteiger charge is -2.02. The van der Waals surface area contributed by atoms with Crippen molar-refractivity contribution in [1.82, 2.24) is 10.1 Å². The SMILES string of the molecule is Cc1cc(-c2nc(C(N)C3CC3)no2)ccc1Cl. The molecule has 1 unspecified atom stereocenters. The smallest absolute Gasteiger partial charge is 0.257 e. The van der Waals surface area contributed by atoms with E-state index < -0.39 is 0 Å². The summed E-state index contributed by atoms with van der Waals surface area (Å²) < 4.78 is 5.26. The largest absolute Gasteiger partial charge is 0.334 e. The number of halogens is 1. The maximum Gasteiger partial charge on any atom is 0.257 e.